The highest BCUT2D eigenvalue weighted by Gasteiger charge is 2.15. The Kier molecular flexibility index (Phi) is 6.54. The minimum absolute atomic E-state index is 0.130. The van der Waals surface area contributed by atoms with E-state index in [1.54, 1.807) is 24.3 Å². The van der Waals surface area contributed by atoms with E-state index in [2.05, 4.69) is 20.2 Å². The standard InChI is InChI=1S/C16H23N5O3S/c1-4-24-13-5-7-14(8-6-13)25(22,23)20-16-10-9-15(18-19-16)17-11-12-21(2)3/h5-10H,4,11-12H2,1-3H3,(H,17,18)(H,19,20). The van der Waals surface area contributed by atoms with Gasteiger partial charge in [-0.1, -0.05) is 0 Å². The molecule has 2 rings (SSSR count). The van der Waals surface area contributed by atoms with Gasteiger partial charge >= 0.3 is 0 Å². The Morgan fingerprint density at radius 3 is 2.24 bits per heavy atom. The summed E-state index contributed by atoms with van der Waals surface area (Å²) in [4.78, 5) is 2.17. The minimum atomic E-state index is -3.72. The molecular weight excluding hydrogens is 342 g/mol. The number of nitrogens with one attached hydrogen (secondary N) is 2. The van der Waals surface area contributed by atoms with Gasteiger partial charge in [0, 0.05) is 13.1 Å². The Hall–Kier alpha value is -2.39. The van der Waals surface area contributed by atoms with E-state index < -0.39 is 10.0 Å². The molecule has 0 aliphatic heterocycles. The second-order valence-corrected chi connectivity index (χ2v) is 7.23. The van der Waals surface area contributed by atoms with Crippen molar-refractivity contribution in [2.24, 2.45) is 0 Å². The van der Waals surface area contributed by atoms with Crippen LogP contribution in [0.15, 0.2) is 41.3 Å². The molecule has 25 heavy (non-hydrogen) atoms. The fraction of sp³-hybridized carbons (Fsp3) is 0.375. The number of sulfonamides is 1. The molecule has 136 valence electrons. The molecular formula is C16H23N5O3S. The van der Waals surface area contributed by atoms with Crippen LogP contribution in [0.5, 0.6) is 5.75 Å². The summed E-state index contributed by atoms with van der Waals surface area (Å²) in [6.07, 6.45) is 0. The normalized spacial score (nSPS) is 11.4. The summed E-state index contributed by atoms with van der Waals surface area (Å²) in [5, 5.41) is 11.0. The second-order valence-electron chi connectivity index (χ2n) is 5.54. The lowest BCUT2D eigenvalue weighted by Gasteiger charge is -2.11. The first-order valence-corrected chi connectivity index (χ1v) is 9.37. The van der Waals surface area contributed by atoms with E-state index in [1.807, 2.05) is 25.9 Å². The number of hydrogen-bond donors (Lipinski definition) is 2. The van der Waals surface area contributed by atoms with Gasteiger partial charge in [-0.05, 0) is 57.4 Å². The molecule has 1 aromatic heterocycles. The van der Waals surface area contributed by atoms with Crippen LogP contribution >= 0.6 is 0 Å². The molecule has 0 spiro atoms. The molecule has 1 aromatic carbocycles. The zero-order valence-electron chi connectivity index (χ0n) is 14.6. The fourth-order valence-electron chi connectivity index (χ4n) is 1.97. The number of likely N-dealkylation sites (N-methyl/N-ethyl adjacent to an activating group) is 1. The molecule has 0 unspecified atom stereocenters. The Morgan fingerprint density at radius 1 is 1.04 bits per heavy atom. The van der Waals surface area contributed by atoms with Crippen LogP contribution in [0.4, 0.5) is 11.6 Å². The first kappa shape index (κ1) is 18.9. The third-order valence-electron chi connectivity index (χ3n) is 3.21. The molecule has 0 saturated carbocycles. The monoisotopic (exact) mass is 365 g/mol. The van der Waals surface area contributed by atoms with E-state index in [0.717, 1.165) is 13.1 Å². The molecule has 2 N–H and O–H groups in total. The number of anilines is 2. The zero-order chi connectivity index (χ0) is 18.3. The van der Waals surface area contributed by atoms with Crippen LogP contribution in [-0.2, 0) is 10.0 Å². The second kappa shape index (κ2) is 8.63. The van der Waals surface area contributed by atoms with Crippen molar-refractivity contribution in [3.63, 3.8) is 0 Å². The molecule has 1 heterocycles. The summed E-state index contributed by atoms with van der Waals surface area (Å²) < 4.78 is 32.4. The lowest BCUT2D eigenvalue weighted by atomic mass is 10.3. The predicted octanol–water partition coefficient (Wildman–Crippen LogP) is 1.65. The Labute approximate surface area is 148 Å². The number of rotatable bonds is 9. The van der Waals surface area contributed by atoms with Crippen LogP contribution in [0.3, 0.4) is 0 Å². The maximum Gasteiger partial charge on any atom is 0.263 e. The third-order valence-corrected chi connectivity index (χ3v) is 4.58. The molecule has 2 aromatic rings. The van der Waals surface area contributed by atoms with Crippen molar-refractivity contribution in [2.75, 3.05) is 43.8 Å². The van der Waals surface area contributed by atoms with Gasteiger partial charge in [0.2, 0.25) is 0 Å². The topological polar surface area (TPSA) is 96.5 Å². The van der Waals surface area contributed by atoms with Crippen molar-refractivity contribution in [3.05, 3.63) is 36.4 Å². The highest BCUT2D eigenvalue weighted by atomic mass is 32.2. The van der Waals surface area contributed by atoms with E-state index in [-0.39, 0.29) is 10.7 Å². The van der Waals surface area contributed by atoms with Crippen molar-refractivity contribution in [3.8, 4) is 5.75 Å². The van der Waals surface area contributed by atoms with Gasteiger partial charge < -0.3 is 15.0 Å². The van der Waals surface area contributed by atoms with Crippen molar-refractivity contribution in [1.82, 2.24) is 15.1 Å². The average Bonchev–Trinajstić information content (AvgIpc) is 2.57. The van der Waals surface area contributed by atoms with E-state index >= 15 is 0 Å². The predicted molar refractivity (Wildman–Crippen MR) is 97.5 cm³/mol. The van der Waals surface area contributed by atoms with Gasteiger partial charge in [-0.15, -0.1) is 10.2 Å². The van der Waals surface area contributed by atoms with Gasteiger partial charge in [-0.3, -0.25) is 4.72 Å². The summed E-state index contributed by atoms with van der Waals surface area (Å²) in [7, 11) is 0.235. The molecule has 0 atom stereocenters. The summed E-state index contributed by atoms with van der Waals surface area (Å²) in [6, 6.07) is 9.44. The number of nitrogens with zero attached hydrogens (tertiary/aromatic N) is 3. The molecule has 0 amide bonds. The maximum atomic E-state index is 12.4. The summed E-state index contributed by atoms with van der Waals surface area (Å²) in [5.74, 6) is 1.37. The van der Waals surface area contributed by atoms with Crippen molar-refractivity contribution in [2.45, 2.75) is 11.8 Å². The lowest BCUT2D eigenvalue weighted by molar-refractivity contribution is 0.340. The molecule has 8 nitrogen and oxygen atoms in total. The van der Waals surface area contributed by atoms with E-state index in [0.29, 0.717) is 18.2 Å². The lowest BCUT2D eigenvalue weighted by Crippen LogP contribution is -2.21. The summed E-state index contributed by atoms with van der Waals surface area (Å²) in [5.41, 5.74) is 0. The highest BCUT2D eigenvalue weighted by Crippen LogP contribution is 2.18. The molecule has 0 saturated heterocycles. The zero-order valence-corrected chi connectivity index (χ0v) is 15.4. The molecule has 0 radical (unpaired) electrons. The SMILES string of the molecule is CCOc1ccc(S(=O)(=O)Nc2ccc(NCCN(C)C)nn2)cc1. The van der Waals surface area contributed by atoms with Crippen molar-refractivity contribution in [1.29, 1.82) is 0 Å². The van der Waals surface area contributed by atoms with Crippen LogP contribution in [-0.4, -0.2) is 57.3 Å². The molecule has 0 aliphatic carbocycles. The van der Waals surface area contributed by atoms with Crippen molar-refractivity contribution >= 4 is 21.7 Å². The molecule has 0 bridgehead atoms. The fourth-order valence-corrected chi connectivity index (χ4v) is 2.96. The Balaban J connectivity index is 2.00. The van der Waals surface area contributed by atoms with Crippen molar-refractivity contribution < 1.29 is 13.2 Å². The van der Waals surface area contributed by atoms with E-state index in [9.17, 15) is 8.42 Å². The first-order valence-electron chi connectivity index (χ1n) is 7.88. The third kappa shape index (κ3) is 5.87. The molecule has 9 heteroatoms. The largest absolute Gasteiger partial charge is 0.494 e. The molecule has 0 fully saturated rings. The average molecular weight is 365 g/mol. The first-order chi connectivity index (χ1) is 11.9. The number of hydrogen-bond acceptors (Lipinski definition) is 7. The van der Waals surface area contributed by atoms with Gasteiger partial charge in [-0.25, -0.2) is 8.42 Å². The van der Waals surface area contributed by atoms with Gasteiger partial charge in [0.1, 0.15) is 11.6 Å². The summed E-state index contributed by atoms with van der Waals surface area (Å²) in [6.45, 7) is 3.96. The smallest absolute Gasteiger partial charge is 0.263 e. The Bertz CT molecular complexity index is 761. The number of aromatic nitrogens is 2. The highest BCUT2D eigenvalue weighted by molar-refractivity contribution is 7.92. The van der Waals surface area contributed by atoms with Crippen LogP contribution < -0.4 is 14.8 Å². The van der Waals surface area contributed by atoms with E-state index in [1.165, 1.54) is 12.1 Å². The summed E-state index contributed by atoms with van der Waals surface area (Å²) >= 11 is 0. The van der Waals surface area contributed by atoms with Gasteiger partial charge in [0.25, 0.3) is 10.0 Å². The van der Waals surface area contributed by atoms with Crippen LogP contribution in [0.25, 0.3) is 0 Å². The maximum absolute atomic E-state index is 12.4. The van der Waals surface area contributed by atoms with Crippen LogP contribution in [0, 0.1) is 0 Å². The number of benzene rings is 1. The number of ether oxygens (including phenoxy) is 1. The Morgan fingerprint density at radius 2 is 1.68 bits per heavy atom. The van der Waals surface area contributed by atoms with Crippen LogP contribution in [0.1, 0.15) is 6.92 Å². The van der Waals surface area contributed by atoms with Crippen LogP contribution in [0.2, 0.25) is 0 Å². The van der Waals surface area contributed by atoms with E-state index in [4.69, 9.17) is 4.74 Å². The van der Waals surface area contributed by atoms with Gasteiger partial charge in [-0.2, -0.15) is 0 Å². The quantitative estimate of drug-likeness (QED) is 0.697. The van der Waals surface area contributed by atoms with Gasteiger partial charge in [0.15, 0.2) is 5.82 Å². The molecule has 0 aliphatic rings. The van der Waals surface area contributed by atoms with Gasteiger partial charge in [0.05, 0.1) is 11.5 Å². The minimum Gasteiger partial charge on any atom is -0.494 e.